The Morgan fingerprint density at radius 2 is 1.69 bits per heavy atom. The molecule has 0 saturated carbocycles. The molecule has 0 N–H and O–H groups in total. The van der Waals surface area contributed by atoms with E-state index in [2.05, 4.69) is 27.7 Å². The van der Waals surface area contributed by atoms with E-state index in [1.165, 1.54) is 12.7 Å². The lowest BCUT2D eigenvalue weighted by Gasteiger charge is -2.40. The first kappa shape index (κ1) is 28.6. The number of hydrogen-bond donors (Lipinski definition) is 0. The van der Waals surface area contributed by atoms with Crippen molar-refractivity contribution < 1.29 is 38.0 Å². The second-order valence-corrected chi connectivity index (χ2v) is 12.3. The van der Waals surface area contributed by atoms with E-state index >= 15 is 0 Å². The third-order valence-electron chi connectivity index (χ3n) is 9.79. The Labute approximate surface area is 261 Å². The summed E-state index contributed by atoms with van der Waals surface area (Å²) in [5, 5.41) is 0. The van der Waals surface area contributed by atoms with Crippen molar-refractivity contribution in [1.82, 2.24) is 14.4 Å². The summed E-state index contributed by atoms with van der Waals surface area (Å²) in [6, 6.07) is 13.9. The van der Waals surface area contributed by atoms with Crippen LogP contribution in [-0.2, 0) is 44.9 Å². The largest absolute Gasteiger partial charge is 0.465 e. The quantitative estimate of drug-likeness (QED) is 0.401. The van der Waals surface area contributed by atoms with Gasteiger partial charge in [-0.25, -0.2) is 4.79 Å². The van der Waals surface area contributed by atoms with E-state index in [0.717, 1.165) is 43.0 Å². The van der Waals surface area contributed by atoms with Crippen LogP contribution in [0, 0.1) is 0 Å². The number of morpholine rings is 1. The van der Waals surface area contributed by atoms with Crippen LogP contribution in [0.2, 0.25) is 0 Å². The van der Waals surface area contributed by atoms with Crippen LogP contribution in [-0.4, -0.2) is 98.0 Å². The van der Waals surface area contributed by atoms with Crippen molar-refractivity contribution in [2.75, 3.05) is 60.0 Å². The average molecular weight is 616 g/mol. The number of carbonyl (C=O) groups is 2. The van der Waals surface area contributed by atoms with Crippen molar-refractivity contribution in [1.29, 1.82) is 0 Å². The number of fused-ring (bicyclic) bond motifs is 3. The maximum Gasteiger partial charge on any atom is 0.339 e. The van der Waals surface area contributed by atoms with Gasteiger partial charge in [-0.3, -0.25) is 9.69 Å². The van der Waals surface area contributed by atoms with Crippen LogP contribution in [0.25, 0.3) is 11.3 Å². The van der Waals surface area contributed by atoms with E-state index in [4.69, 9.17) is 28.4 Å². The molecule has 0 aliphatic carbocycles. The predicted octanol–water partition coefficient (Wildman–Crippen LogP) is 3.26. The molecule has 6 heterocycles. The highest BCUT2D eigenvalue weighted by Gasteiger charge is 2.43. The van der Waals surface area contributed by atoms with Gasteiger partial charge in [0.2, 0.25) is 6.79 Å². The Hall–Kier alpha value is -3.90. The van der Waals surface area contributed by atoms with Gasteiger partial charge in [0.15, 0.2) is 17.3 Å². The molecule has 3 aromatic rings. The number of aromatic nitrogens is 1. The minimum absolute atomic E-state index is 0.0212. The number of ether oxygens (including phenoxy) is 6. The first-order valence-corrected chi connectivity index (χ1v) is 15.7. The molecule has 236 valence electrons. The van der Waals surface area contributed by atoms with E-state index in [9.17, 15) is 9.59 Å². The molecular formula is C34H37N3O8. The van der Waals surface area contributed by atoms with Crippen molar-refractivity contribution in [2.24, 2.45) is 0 Å². The van der Waals surface area contributed by atoms with E-state index in [1.54, 1.807) is 6.07 Å². The summed E-state index contributed by atoms with van der Waals surface area (Å²) in [4.78, 5) is 32.4. The maximum absolute atomic E-state index is 14.9. The number of hydrogen-bond acceptors (Lipinski definition) is 9. The zero-order chi connectivity index (χ0) is 30.5. The van der Waals surface area contributed by atoms with Crippen LogP contribution < -0.4 is 9.47 Å². The van der Waals surface area contributed by atoms with Crippen LogP contribution in [0.5, 0.6) is 11.5 Å². The zero-order valence-corrected chi connectivity index (χ0v) is 25.4. The second-order valence-electron chi connectivity index (χ2n) is 12.3. The molecule has 5 aliphatic rings. The monoisotopic (exact) mass is 615 g/mol. The van der Waals surface area contributed by atoms with E-state index < -0.39 is 11.8 Å². The fourth-order valence-corrected chi connectivity index (χ4v) is 7.47. The Balaban J connectivity index is 1.22. The van der Waals surface area contributed by atoms with Crippen molar-refractivity contribution in [3.8, 4) is 22.8 Å². The molecule has 2 saturated heterocycles. The highest BCUT2D eigenvalue weighted by Crippen LogP contribution is 2.44. The Morgan fingerprint density at radius 1 is 0.933 bits per heavy atom. The Bertz CT molecular complexity index is 1640. The topological polar surface area (TPSA) is 101 Å². The van der Waals surface area contributed by atoms with Crippen LogP contribution >= 0.6 is 0 Å². The normalized spacial score (nSPS) is 21.9. The number of methoxy groups -OCH3 is 1. The van der Waals surface area contributed by atoms with Crippen LogP contribution in [0.3, 0.4) is 0 Å². The third-order valence-corrected chi connectivity index (χ3v) is 9.79. The van der Waals surface area contributed by atoms with Crippen LogP contribution in [0.15, 0.2) is 42.5 Å². The predicted molar refractivity (Wildman–Crippen MR) is 161 cm³/mol. The van der Waals surface area contributed by atoms with Gasteiger partial charge in [0.25, 0.3) is 5.91 Å². The number of nitrogens with zero attached hydrogens (tertiary/aromatic N) is 3. The molecular weight excluding hydrogens is 578 g/mol. The van der Waals surface area contributed by atoms with Gasteiger partial charge in [0, 0.05) is 62.9 Å². The molecule has 0 bridgehead atoms. The van der Waals surface area contributed by atoms with Crippen LogP contribution in [0.4, 0.5) is 0 Å². The minimum atomic E-state index is -0.754. The summed E-state index contributed by atoms with van der Waals surface area (Å²) in [5.74, 6) is -0.168. The lowest BCUT2D eigenvalue weighted by atomic mass is 9.92. The summed E-state index contributed by atoms with van der Waals surface area (Å²) >= 11 is 0. The molecule has 1 spiro atoms. The maximum atomic E-state index is 14.9. The highest BCUT2D eigenvalue weighted by atomic mass is 16.7. The summed E-state index contributed by atoms with van der Waals surface area (Å²) in [7, 11) is 1.38. The van der Waals surface area contributed by atoms with Gasteiger partial charge in [0.05, 0.1) is 50.4 Å². The summed E-state index contributed by atoms with van der Waals surface area (Å²) < 4.78 is 36.5. The van der Waals surface area contributed by atoms with Gasteiger partial charge in [0.1, 0.15) is 0 Å². The third kappa shape index (κ3) is 5.07. The van der Waals surface area contributed by atoms with Crippen molar-refractivity contribution in [3.05, 3.63) is 70.4 Å². The second kappa shape index (κ2) is 11.5. The van der Waals surface area contributed by atoms with Crippen molar-refractivity contribution >= 4 is 11.9 Å². The fourth-order valence-electron chi connectivity index (χ4n) is 7.47. The van der Waals surface area contributed by atoms with E-state index in [-0.39, 0.29) is 18.7 Å². The molecule has 2 aromatic carbocycles. The number of rotatable bonds is 5. The van der Waals surface area contributed by atoms with Gasteiger partial charge in [-0.05, 0) is 35.7 Å². The van der Waals surface area contributed by atoms with Gasteiger partial charge >= 0.3 is 5.97 Å². The zero-order valence-electron chi connectivity index (χ0n) is 25.4. The summed E-state index contributed by atoms with van der Waals surface area (Å²) in [6.07, 6.45) is 1.81. The first-order chi connectivity index (χ1) is 22.0. The van der Waals surface area contributed by atoms with Gasteiger partial charge in [-0.1, -0.05) is 24.3 Å². The van der Waals surface area contributed by atoms with Crippen molar-refractivity contribution in [2.45, 2.75) is 44.2 Å². The van der Waals surface area contributed by atoms with Crippen molar-refractivity contribution in [3.63, 3.8) is 0 Å². The number of esters is 1. The Morgan fingerprint density at radius 3 is 2.47 bits per heavy atom. The number of amides is 1. The molecule has 0 radical (unpaired) electrons. The van der Waals surface area contributed by atoms with Gasteiger partial charge < -0.3 is 37.9 Å². The smallest absolute Gasteiger partial charge is 0.339 e. The SMILES string of the molecule is COC(=O)c1cc(-c2cc3c(cc2C(=O)N2Cc4ccccc4C[C@H]2CN2CCOCC2)OCO3)n2c1CC1(CC2)OCCO1. The summed E-state index contributed by atoms with van der Waals surface area (Å²) in [6.45, 7) is 6.03. The molecule has 1 aromatic heterocycles. The molecule has 8 rings (SSSR count). The Kier molecular flexibility index (Phi) is 7.28. The highest BCUT2D eigenvalue weighted by molar-refractivity contribution is 6.03. The lowest BCUT2D eigenvalue weighted by Crippen LogP contribution is -2.52. The van der Waals surface area contributed by atoms with E-state index in [1.807, 2.05) is 23.1 Å². The number of carbonyl (C=O) groups excluding carboxylic acids is 2. The first-order valence-electron chi connectivity index (χ1n) is 15.7. The molecule has 1 amide bonds. The number of benzene rings is 2. The average Bonchev–Trinajstić information content (AvgIpc) is 3.82. The van der Waals surface area contributed by atoms with E-state index in [0.29, 0.717) is 80.5 Å². The molecule has 11 nitrogen and oxygen atoms in total. The molecule has 1 atom stereocenters. The molecule has 0 unspecified atom stereocenters. The molecule has 2 fully saturated rings. The van der Waals surface area contributed by atoms with Gasteiger partial charge in [-0.2, -0.15) is 0 Å². The molecule has 45 heavy (non-hydrogen) atoms. The molecule has 5 aliphatic heterocycles. The molecule has 11 heteroatoms. The summed E-state index contributed by atoms with van der Waals surface area (Å²) in [5.41, 5.74) is 5.60. The standard InChI is InChI=1S/C34H37N3O8/c1-40-33(39)27-15-28(36-7-6-34(18-29(27)36)44-12-13-45-34)25-16-30-31(43-21-42-30)17-26(25)32(38)37-19-23-5-3-2-4-22(23)14-24(37)20-35-8-10-41-11-9-35/h2-5,15-17,24H,6-14,18-21H2,1H3/t24-/m0/s1. The van der Waals surface area contributed by atoms with Crippen LogP contribution in [0.1, 0.15) is 44.0 Å². The minimum Gasteiger partial charge on any atom is -0.465 e. The van der Waals surface area contributed by atoms with Gasteiger partial charge in [-0.15, -0.1) is 0 Å². The lowest BCUT2D eigenvalue weighted by molar-refractivity contribution is -0.169. The fraction of sp³-hybridized carbons (Fsp3) is 0.471.